The van der Waals surface area contributed by atoms with Gasteiger partial charge in [-0.05, 0) is 38.5 Å². The fourth-order valence-corrected chi connectivity index (χ4v) is 1.61. The van der Waals surface area contributed by atoms with Gasteiger partial charge in [-0.25, -0.2) is 0 Å². The lowest BCUT2D eigenvalue weighted by molar-refractivity contribution is -0.132. The number of aryl methyl sites for hydroxylation is 1. The van der Waals surface area contributed by atoms with E-state index >= 15 is 0 Å². The molecular formula is C13H20N2O2. The average Bonchev–Trinajstić information content (AvgIpc) is 2.29. The first-order valence-corrected chi connectivity index (χ1v) is 5.85. The van der Waals surface area contributed by atoms with Gasteiger partial charge in [0.15, 0.2) is 6.61 Å². The SMILES string of the molecule is CCN(CC)C(=O)COc1ccc(C)cc1N. The number of anilines is 1. The van der Waals surface area contributed by atoms with Gasteiger partial charge in [-0.2, -0.15) is 0 Å². The van der Waals surface area contributed by atoms with Crippen molar-refractivity contribution in [1.29, 1.82) is 0 Å². The number of hydrogen-bond donors (Lipinski definition) is 1. The van der Waals surface area contributed by atoms with E-state index in [1.807, 2.05) is 32.9 Å². The Bertz CT molecular complexity index is 387. The molecule has 0 atom stereocenters. The van der Waals surface area contributed by atoms with Crippen LogP contribution in [0.3, 0.4) is 0 Å². The number of carbonyl (C=O) groups excluding carboxylic acids is 1. The molecular weight excluding hydrogens is 216 g/mol. The number of carbonyl (C=O) groups is 1. The maximum atomic E-state index is 11.7. The summed E-state index contributed by atoms with van der Waals surface area (Å²) in [6.07, 6.45) is 0. The van der Waals surface area contributed by atoms with E-state index in [0.29, 0.717) is 24.5 Å². The molecule has 0 aliphatic heterocycles. The van der Waals surface area contributed by atoms with Crippen molar-refractivity contribution in [3.05, 3.63) is 23.8 Å². The maximum Gasteiger partial charge on any atom is 0.260 e. The highest BCUT2D eigenvalue weighted by molar-refractivity contribution is 5.78. The minimum atomic E-state index is -0.0185. The largest absolute Gasteiger partial charge is 0.482 e. The second-order valence-corrected chi connectivity index (χ2v) is 3.90. The predicted octanol–water partition coefficient (Wildman–Crippen LogP) is 1.82. The van der Waals surface area contributed by atoms with Gasteiger partial charge in [0.2, 0.25) is 0 Å². The van der Waals surface area contributed by atoms with E-state index in [2.05, 4.69) is 0 Å². The van der Waals surface area contributed by atoms with Crippen molar-refractivity contribution in [2.24, 2.45) is 0 Å². The Morgan fingerprint density at radius 3 is 2.53 bits per heavy atom. The van der Waals surface area contributed by atoms with Crippen molar-refractivity contribution >= 4 is 11.6 Å². The van der Waals surface area contributed by atoms with Gasteiger partial charge >= 0.3 is 0 Å². The Morgan fingerprint density at radius 1 is 1.35 bits per heavy atom. The zero-order chi connectivity index (χ0) is 12.8. The second kappa shape index (κ2) is 6.13. The molecule has 0 heterocycles. The zero-order valence-corrected chi connectivity index (χ0v) is 10.7. The third kappa shape index (κ3) is 3.66. The third-order valence-electron chi connectivity index (χ3n) is 2.63. The minimum absolute atomic E-state index is 0.0185. The highest BCUT2D eigenvalue weighted by Crippen LogP contribution is 2.21. The Morgan fingerprint density at radius 2 is 2.00 bits per heavy atom. The van der Waals surface area contributed by atoms with Crippen LogP contribution in [0.1, 0.15) is 19.4 Å². The number of rotatable bonds is 5. The van der Waals surface area contributed by atoms with E-state index in [-0.39, 0.29) is 12.5 Å². The first-order valence-electron chi connectivity index (χ1n) is 5.85. The lowest BCUT2D eigenvalue weighted by atomic mass is 10.2. The van der Waals surface area contributed by atoms with Crippen molar-refractivity contribution in [3.63, 3.8) is 0 Å². The van der Waals surface area contributed by atoms with Crippen LogP contribution in [0.5, 0.6) is 5.75 Å². The van der Waals surface area contributed by atoms with Crippen molar-refractivity contribution < 1.29 is 9.53 Å². The normalized spacial score (nSPS) is 10.1. The predicted molar refractivity (Wildman–Crippen MR) is 69.0 cm³/mol. The van der Waals surface area contributed by atoms with Crippen molar-refractivity contribution in [2.45, 2.75) is 20.8 Å². The summed E-state index contributed by atoms with van der Waals surface area (Å²) in [6, 6.07) is 5.53. The van der Waals surface area contributed by atoms with Gasteiger partial charge in [0.1, 0.15) is 5.75 Å². The summed E-state index contributed by atoms with van der Waals surface area (Å²) in [5, 5.41) is 0. The monoisotopic (exact) mass is 236 g/mol. The lowest BCUT2D eigenvalue weighted by Gasteiger charge is -2.19. The van der Waals surface area contributed by atoms with Crippen LogP contribution >= 0.6 is 0 Å². The summed E-state index contributed by atoms with van der Waals surface area (Å²) in [5.41, 5.74) is 7.44. The molecule has 0 saturated heterocycles. The second-order valence-electron chi connectivity index (χ2n) is 3.90. The minimum Gasteiger partial charge on any atom is -0.482 e. The summed E-state index contributed by atoms with van der Waals surface area (Å²) in [5.74, 6) is 0.547. The number of nitrogens with two attached hydrogens (primary N) is 1. The molecule has 17 heavy (non-hydrogen) atoms. The van der Waals surface area contributed by atoms with Crippen LogP contribution in [0, 0.1) is 6.92 Å². The molecule has 0 radical (unpaired) electrons. The summed E-state index contributed by atoms with van der Waals surface area (Å²) in [4.78, 5) is 13.4. The maximum absolute atomic E-state index is 11.7. The molecule has 1 amide bonds. The van der Waals surface area contributed by atoms with Crippen LogP contribution in [0.4, 0.5) is 5.69 Å². The molecule has 0 bridgehead atoms. The van der Waals surface area contributed by atoms with E-state index in [9.17, 15) is 4.79 Å². The van der Waals surface area contributed by atoms with Gasteiger partial charge < -0.3 is 15.4 Å². The van der Waals surface area contributed by atoms with E-state index in [1.165, 1.54) is 0 Å². The molecule has 1 rings (SSSR count). The van der Waals surface area contributed by atoms with E-state index < -0.39 is 0 Å². The van der Waals surface area contributed by atoms with Gasteiger partial charge in [0.05, 0.1) is 5.69 Å². The first kappa shape index (κ1) is 13.4. The van der Waals surface area contributed by atoms with Crippen molar-refractivity contribution in [2.75, 3.05) is 25.4 Å². The molecule has 1 aromatic rings. The van der Waals surface area contributed by atoms with Gasteiger partial charge in [0, 0.05) is 13.1 Å². The molecule has 0 unspecified atom stereocenters. The molecule has 94 valence electrons. The highest BCUT2D eigenvalue weighted by atomic mass is 16.5. The average molecular weight is 236 g/mol. The Labute approximate surface area is 102 Å². The topological polar surface area (TPSA) is 55.6 Å². The van der Waals surface area contributed by atoms with Crippen molar-refractivity contribution in [1.82, 2.24) is 4.90 Å². The molecule has 0 aromatic heterocycles. The Balaban J connectivity index is 2.58. The van der Waals surface area contributed by atoms with E-state index in [4.69, 9.17) is 10.5 Å². The van der Waals surface area contributed by atoms with Crippen molar-refractivity contribution in [3.8, 4) is 5.75 Å². The molecule has 4 heteroatoms. The van der Waals surface area contributed by atoms with Gasteiger partial charge in [-0.1, -0.05) is 6.07 Å². The lowest BCUT2D eigenvalue weighted by Crippen LogP contribution is -2.34. The number of amides is 1. The van der Waals surface area contributed by atoms with Crippen LogP contribution in [0.15, 0.2) is 18.2 Å². The standard InChI is InChI=1S/C13H20N2O2/c1-4-15(5-2)13(16)9-17-12-7-6-10(3)8-11(12)14/h6-8H,4-5,9,14H2,1-3H3. The van der Waals surface area contributed by atoms with Crippen LogP contribution in [0.25, 0.3) is 0 Å². The number of likely N-dealkylation sites (N-methyl/N-ethyl adjacent to an activating group) is 1. The van der Waals surface area contributed by atoms with Crippen LogP contribution in [-0.4, -0.2) is 30.5 Å². The smallest absolute Gasteiger partial charge is 0.260 e. The van der Waals surface area contributed by atoms with Crippen LogP contribution in [0.2, 0.25) is 0 Å². The number of ether oxygens (including phenoxy) is 1. The number of nitrogens with zero attached hydrogens (tertiary/aromatic N) is 1. The van der Waals surface area contributed by atoms with Gasteiger partial charge in [-0.15, -0.1) is 0 Å². The fraction of sp³-hybridized carbons (Fsp3) is 0.462. The quantitative estimate of drug-likeness (QED) is 0.793. The summed E-state index contributed by atoms with van der Waals surface area (Å²) in [6.45, 7) is 7.28. The summed E-state index contributed by atoms with van der Waals surface area (Å²) >= 11 is 0. The molecule has 0 spiro atoms. The zero-order valence-electron chi connectivity index (χ0n) is 10.7. The van der Waals surface area contributed by atoms with Crippen LogP contribution in [-0.2, 0) is 4.79 Å². The Kier molecular flexibility index (Phi) is 4.82. The molecule has 4 nitrogen and oxygen atoms in total. The van der Waals surface area contributed by atoms with E-state index in [0.717, 1.165) is 5.56 Å². The highest BCUT2D eigenvalue weighted by Gasteiger charge is 2.10. The first-order chi connectivity index (χ1) is 8.08. The van der Waals surface area contributed by atoms with Gasteiger partial charge in [0.25, 0.3) is 5.91 Å². The summed E-state index contributed by atoms with van der Waals surface area (Å²) in [7, 11) is 0. The molecule has 0 aliphatic carbocycles. The fourth-order valence-electron chi connectivity index (χ4n) is 1.61. The number of hydrogen-bond acceptors (Lipinski definition) is 3. The summed E-state index contributed by atoms with van der Waals surface area (Å²) < 4.78 is 5.42. The van der Waals surface area contributed by atoms with E-state index in [1.54, 1.807) is 11.0 Å². The number of nitrogen functional groups attached to an aromatic ring is 1. The molecule has 0 saturated carbocycles. The van der Waals surface area contributed by atoms with Gasteiger partial charge in [-0.3, -0.25) is 4.79 Å². The molecule has 1 aromatic carbocycles. The Hall–Kier alpha value is -1.71. The number of benzene rings is 1. The molecule has 0 aliphatic rings. The molecule has 2 N–H and O–H groups in total. The third-order valence-corrected chi connectivity index (χ3v) is 2.63. The molecule has 0 fully saturated rings. The van der Waals surface area contributed by atoms with Crippen LogP contribution < -0.4 is 10.5 Å².